The van der Waals surface area contributed by atoms with Crippen LogP contribution in [0.5, 0.6) is 0 Å². The van der Waals surface area contributed by atoms with Gasteiger partial charge in [-0.05, 0) is 24.3 Å². The van der Waals surface area contributed by atoms with E-state index in [9.17, 15) is 14.4 Å². The Balaban J connectivity index is 1.89. The van der Waals surface area contributed by atoms with Crippen molar-refractivity contribution in [2.75, 3.05) is 19.7 Å². The Hall–Kier alpha value is -2.11. The maximum Gasteiger partial charge on any atom is 0.338 e. The number of nitrogens with zero attached hydrogens (tertiary/aromatic N) is 1. The van der Waals surface area contributed by atoms with Crippen LogP contribution < -0.4 is 5.56 Å². The van der Waals surface area contributed by atoms with E-state index in [1.807, 2.05) is 0 Å². The van der Waals surface area contributed by atoms with E-state index in [4.69, 9.17) is 4.74 Å². The maximum absolute atomic E-state index is 12.1. The SMILES string of the molecule is C[C@@H]1C[C@H](C)CN(C(=O)COC(=O)c2cc[nH]c(=O)c2)C1. The third-order valence-corrected chi connectivity index (χ3v) is 3.56. The fourth-order valence-corrected chi connectivity index (χ4v) is 2.74. The molecule has 1 amide bonds. The van der Waals surface area contributed by atoms with E-state index >= 15 is 0 Å². The molecule has 1 N–H and O–H groups in total. The van der Waals surface area contributed by atoms with E-state index in [0.717, 1.165) is 12.5 Å². The molecule has 2 heterocycles. The maximum atomic E-state index is 12.1. The molecular formula is C15H20N2O4. The molecule has 1 aromatic heterocycles. The highest BCUT2D eigenvalue weighted by Gasteiger charge is 2.26. The largest absolute Gasteiger partial charge is 0.452 e. The molecule has 114 valence electrons. The van der Waals surface area contributed by atoms with Crippen LogP contribution in [-0.4, -0.2) is 41.5 Å². The van der Waals surface area contributed by atoms with Gasteiger partial charge in [0.2, 0.25) is 5.56 Å². The van der Waals surface area contributed by atoms with E-state index in [2.05, 4.69) is 18.8 Å². The summed E-state index contributed by atoms with van der Waals surface area (Å²) in [6.07, 6.45) is 2.48. The van der Waals surface area contributed by atoms with Gasteiger partial charge in [0, 0.05) is 25.4 Å². The number of carbonyl (C=O) groups excluding carboxylic acids is 2. The molecule has 0 radical (unpaired) electrons. The molecule has 1 saturated heterocycles. The number of rotatable bonds is 3. The summed E-state index contributed by atoms with van der Waals surface area (Å²) in [5.74, 6) is 0.0707. The van der Waals surface area contributed by atoms with E-state index in [1.54, 1.807) is 4.90 Å². The molecule has 0 aliphatic carbocycles. The summed E-state index contributed by atoms with van der Waals surface area (Å²) < 4.78 is 4.99. The molecule has 6 nitrogen and oxygen atoms in total. The normalized spacial score (nSPS) is 21.9. The Kier molecular flexibility index (Phi) is 4.77. The molecule has 1 aliphatic heterocycles. The Labute approximate surface area is 123 Å². The van der Waals surface area contributed by atoms with Crippen LogP contribution in [-0.2, 0) is 9.53 Å². The van der Waals surface area contributed by atoms with Crippen molar-refractivity contribution in [2.24, 2.45) is 11.8 Å². The number of amides is 1. The van der Waals surface area contributed by atoms with Crippen molar-refractivity contribution >= 4 is 11.9 Å². The van der Waals surface area contributed by atoms with Crippen molar-refractivity contribution in [3.05, 3.63) is 34.2 Å². The van der Waals surface area contributed by atoms with Crippen molar-refractivity contribution in [1.82, 2.24) is 9.88 Å². The van der Waals surface area contributed by atoms with Gasteiger partial charge in [0.1, 0.15) is 0 Å². The number of hydrogen-bond acceptors (Lipinski definition) is 4. The Morgan fingerprint density at radius 2 is 2.00 bits per heavy atom. The topological polar surface area (TPSA) is 79.5 Å². The summed E-state index contributed by atoms with van der Waals surface area (Å²) in [6.45, 7) is 5.33. The molecule has 0 bridgehead atoms. The highest BCUT2D eigenvalue weighted by molar-refractivity contribution is 5.91. The lowest BCUT2D eigenvalue weighted by Gasteiger charge is -2.34. The number of nitrogens with one attached hydrogen (secondary N) is 1. The molecule has 0 unspecified atom stereocenters. The third-order valence-electron chi connectivity index (χ3n) is 3.56. The van der Waals surface area contributed by atoms with Crippen LogP contribution in [0, 0.1) is 11.8 Å². The van der Waals surface area contributed by atoms with Crippen LogP contribution >= 0.6 is 0 Å². The molecule has 0 spiro atoms. The molecule has 21 heavy (non-hydrogen) atoms. The van der Waals surface area contributed by atoms with Gasteiger partial charge in [-0.15, -0.1) is 0 Å². The lowest BCUT2D eigenvalue weighted by Crippen LogP contribution is -2.44. The molecule has 1 aliphatic rings. The molecule has 0 aromatic carbocycles. The summed E-state index contributed by atoms with van der Waals surface area (Å²) in [4.78, 5) is 39.1. The highest BCUT2D eigenvalue weighted by Crippen LogP contribution is 2.20. The smallest absolute Gasteiger partial charge is 0.338 e. The predicted octanol–water partition coefficient (Wildman–Crippen LogP) is 1.04. The quantitative estimate of drug-likeness (QED) is 0.844. The number of piperidine rings is 1. The van der Waals surface area contributed by atoms with Crippen molar-refractivity contribution in [1.29, 1.82) is 0 Å². The predicted molar refractivity (Wildman–Crippen MR) is 76.9 cm³/mol. The fraction of sp³-hybridized carbons (Fsp3) is 0.533. The molecule has 2 atom stereocenters. The number of carbonyl (C=O) groups is 2. The number of hydrogen-bond donors (Lipinski definition) is 1. The molecule has 1 fully saturated rings. The van der Waals surface area contributed by atoms with Gasteiger partial charge in [-0.25, -0.2) is 4.79 Å². The number of H-pyrrole nitrogens is 1. The molecule has 6 heteroatoms. The molecule has 1 aromatic rings. The highest BCUT2D eigenvalue weighted by atomic mass is 16.5. The summed E-state index contributed by atoms with van der Waals surface area (Å²) in [6, 6.07) is 2.59. The van der Waals surface area contributed by atoms with Crippen LogP contribution in [0.15, 0.2) is 23.1 Å². The standard InChI is InChI=1S/C15H20N2O4/c1-10-5-11(2)8-17(7-10)14(19)9-21-15(20)12-3-4-16-13(18)6-12/h3-4,6,10-11H,5,7-9H2,1-2H3,(H,16,18)/t10-,11+. The van der Waals surface area contributed by atoms with Gasteiger partial charge in [0.25, 0.3) is 5.91 Å². The van der Waals surface area contributed by atoms with Gasteiger partial charge >= 0.3 is 5.97 Å². The first kappa shape index (κ1) is 15.3. The van der Waals surface area contributed by atoms with Crippen LogP contribution in [0.3, 0.4) is 0 Å². The monoisotopic (exact) mass is 292 g/mol. The van der Waals surface area contributed by atoms with Gasteiger partial charge in [-0.3, -0.25) is 9.59 Å². The summed E-state index contributed by atoms with van der Waals surface area (Å²) >= 11 is 0. The van der Waals surface area contributed by atoms with Gasteiger partial charge in [-0.2, -0.15) is 0 Å². The zero-order valence-electron chi connectivity index (χ0n) is 12.3. The van der Waals surface area contributed by atoms with E-state index in [1.165, 1.54) is 12.3 Å². The summed E-state index contributed by atoms with van der Waals surface area (Å²) in [5.41, 5.74) is -0.235. The zero-order chi connectivity index (χ0) is 15.4. The van der Waals surface area contributed by atoms with Crippen LogP contribution in [0.1, 0.15) is 30.6 Å². The van der Waals surface area contributed by atoms with E-state index in [-0.39, 0.29) is 23.6 Å². The minimum Gasteiger partial charge on any atom is -0.452 e. The second-order valence-electron chi connectivity index (χ2n) is 5.76. The average molecular weight is 292 g/mol. The zero-order valence-corrected chi connectivity index (χ0v) is 12.3. The van der Waals surface area contributed by atoms with Gasteiger partial charge < -0.3 is 14.6 Å². The lowest BCUT2D eigenvalue weighted by molar-refractivity contribution is -0.137. The fourth-order valence-electron chi connectivity index (χ4n) is 2.74. The van der Waals surface area contributed by atoms with Gasteiger partial charge in [0.05, 0.1) is 5.56 Å². The number of likely N-dealkylation sites (tertiary alicyclic amines) is 1. The summed E-state index contributed by atoms with van der Waals surface area (Å²) in [7, 11) is 0. The number of ether oxygens (including phenoxy) is 1. The molecule has 0 saturated carbocycles. The van der Waals surface area contributed by atoms with Crippen molar-refractivity contribution in [3.8, 4) is 0 Å². The number of aromatic amines is 1. The number of esters is 1. The minimum absolute atomic E-state index is 0.145. The number of pyridine rings is 1. The van der Waals surface area contributed by atoms with Gasteiger partial charge in [-0.1, -0.05) is 13.8 Å². The minimum atomic E-state index is -0.660. The van der Waals surface area contributed by atoms with Crippen molar-refractivity contribution in [3.63, 3.8) is 0 Å². The van der Waals surface area contributed by atoms with Crippen molar-refractivity contribution < 1.29 is 14.3 Å². The second-order valence-corrected chi connectivity index (χ2v) is 5.76. The third kappa shape index (κ3) is 4.18. The molecular weight excluding hydrogens is 272 g/mol. The first-order valence-electron chi connectivity index (χ1n) is 7.09. The average Bonchev–Trinajstić information content (AvgIpc) is 2.43. The van der Waals surface area contributed by atoms with Crippen molar-refractivity contribution in [2.45, 2.75) is 20.3 Å². The second kappa shape index (κ2) is 6.56. The van der Waals surface area contributed by atoms with Crippen LogP contribution in [0.25, 0.3) is 0 Å². The first-order chi connectivity index (χ1) is 9.95. The van der Waals surface area contributed by atoms with Crippen LogP contribution in [0.2, 0.25) is 0 Å². The van der Waals surface area contributed by atoms with Crippen LogP contribution in [0.4, 0.5) is 0 Å². The Morgan fingerprint density at radius 1 is 1.33 bits per heavy atom. The van der Waals surface area contributed by atoms with Gasteiger partial charge in [0.15, 0.2) is 6.61 Å². The Bertz CT molecular complexity index is 571. The lowest BCUT2D eigenvalue weighted by atomic mass is 9.92. The Morgan fingerprint density at radius 3 is 2.62 bits per heavy atom. The first-order valence-corrected chi connectivity index (χ1v) is 7.09. The van der Waals surface area contributed by atoms with E-state index in [0.29, 0.717) is 24.9 Å². The van der Waals surface area contributed by atoms with E-state index < -0.39 is 5.97 Å². The molecule has 2 rings (SSSR count). The summed E-state index contributed by atoms with van der Waals surface area (Å²) in [5, 5.41) is 0. The number of aromatic nitrogens is 1.